The number of carboxylic acid groups (broad SMARTS) is 1. The molecular weight excluding hydrogens is 195 g/mol. The second-order valence-corrected chi connectivity index (χ2v) is 2.39. The largest absolute Gasteiger partial charge is 0.475 e. The van der Waals surface area contributed by atoms with E-state index in [4.69, 9.17) is 5.11 Å². The van der Waals surface area contributed by atoms with Crippen molar-refractivity contribution in [3.8, 4) is 0 Å². The zero-order chi connectivity index (χ0) is 8.97. The molecule has 0 aliphatic heterocycles. The molecule has 0 bridgehead atoms. The summed E-state index contributed by atoms with van der Waals surface area (Å²) >= 11 is 0. The molecule has 1 rings (SSSR count). The van der Waals surface area contributed by atoms with Crippen LogP contribution < -0.4 is 0 Å². The Hall–Kier alpha value is -0.680. The first kappa shape index (κ1) is 15.8. The molecule has 1 radical (unpaired) electrons. The molecule has 0 aliphatic carbocycles. The molecule has 0 heterocycles. The first-order valence-corrected chi connectivity index (χ1v) is 3.50. The van der Waals surface area contributed by atoms with Gasteiger partial charge in [-0.2, -0.15) is 0 Å². The van der Waals surface area contributed by atoms with Crippen LogP contribution in [0.1, 0.15) is 5.56 Å². The molecule has 14 heavy (non-hydrogen) atoms. The zero-order valence-corrected chi connectivity index (χ0v) is 9.86. The molecule has 0 unspecified atom stereocenters. The summed E-state index contributed by atoms with van der Waals surface area (Å²) in [6.45, 7) is 0. The van der Waals surface area contributed by atoms with E-state index in [1.54, 1.807) is 24.3 Å². The topological polar surface area (TPSA) is 85.9 Å². The second kappa shape index (κ2) is 7.70. The molecule has 1 aromatic carbocycles. The number of benzene rings is 1. The van der Waals surface area contributed by atoms with Crippen LogP contribution in [0.15, 0.2) is 30.3 Å². The van der Waals surface area contributed by atoms with E-state index in [0.717, 1.165) is 5.56 Å². The fourth-order valence-electron chi connectivity index (χ4n) is 0.857. The minimum Gasteiger partial charge on any atom is -0.475 e. The van der Waals surface area contributed by atoms with E-state index in [2.05, 4.69) is 0 Å². The molecule has 4 nitrogen and oxygen atoms in total. The fourth-order valence-corrected chi connectivity index (χ4v) is 0.857. The Morgan fingerprint density at radius 1 is 1.14 bits per heavy atom. The number of hydrogen-bond acceptors (Lipinski definition) is 2. The van der Waals surface area contributed by atoms with Crippen LogP contribution in [0.3, 0.4) is 0 Å². The van der Waals surface area contributed by atoms with Gasteiger partial charge >= 0.3 is 5.97 Å². The van der Waals surface area contributed by atoms with E-state index in [1.165, 1.54) is 0 Å². The average Bonchev–Trinajstić information content (AvgIpc) is 2.06. The van der Waals surface area contributed by atoms with Crippen LogP contribution in [-0.4, -0.2) is 51.9 Å². The number of ketones is 1. The number of carboxylic acids is 1. The van der Waals surface area contributed by atoms with Gasteiger partial charge in [0.2, 0.25) is 5.78 Å². The van der Waals surface area contributed by atoms with Crippen molar-refractivity contribution in [2.75, 3.05) is 0 Å². The first-order chi connectivity index (χ1) is 5.70. The zero-order valence-electron chi connectivity index (χ0n) is 7.86. The summed E-state index contributed by atoms with van der Waals surface area (Å²) in [4.78, 5) is 20.9. The summed E-state index contributed by atoms with van der Waals surface area (Å²) < 4.78 is 0. The van der Waals surface area contributed by atoms with Crippen molar-refractivity contribution in [1.82, 2.24) is 0 Å². The monoisotopic (exact) mass is 205 g/mol. The summed E-state index contributed by atoms with van der Waals surface area (Å²) in [5.74, 6) is -2.15. The summed E-state index contributed by atoms with van der Waals surface area (Å²) in [6.07, 6.45) is -0.0316. The van der Waals surface area contributed by atoms with E-state index in [-0.39, 0.29) is 41.5 Å². The molecule has 0 saturated heterocycles. The molecule has 0 saturated carbocycles. The van der Waals surface area contributed by atoms with Gasteiger partial charge in [0.15, 0.2) is 0 Å². The molecule has 3 N–H and O–H groups in total. The maximum atomic E-state index is 10.7. The van der Waals surface area contributed by atoms with Crippen molar-refractivity contribution in [3.05, 3.63) is 35.9 Å². The summed E-state index contributed by atoms with van der Waals surface area (Å²) in [5, 5.41) is 8.29. The quantitative estimate of drug-likeness (QED) is 0.541. The third-order valence-corrected chi connectivity index (χ3v) is 1.45. The second-order valence-electron chi connectivity index (χ2n) is 2.39. The van der Waals surface area contributed by atoms with Crippen LogP contribution in [0.4, 0.5) is 0 Å². The number of carbonyl (C=O) groups excluding carboxylic acids is 1. The Labute approximate surface area is 104 Å². The Morgan fingerprint density at radius 3 is 2.07 bits per heavy atom. The van der Waals surface area contributed by atoms with Crippen LogP contribution >= 0.6 is 0 Å². The van der Waals surface area contributed by atoms with Crippen molar-refractivity contribution < 1.29 is 20.2 Å². The number of aliphatic carboxylic acids is 1. The van der Waals surface area contributed by atoms with Crippen molar-refractivity contribution in [3.63, 3.8) is 0 Å². The van der Waals surface area contributed by atoms with Crippen molar-refractivity contribution in [1.29, 1.82) is 0 Å². The Kier molecular flexibility index (Phi) is 8.68. The van der Waals surface area contributed by atoms with Crippen LogP contribution in [-0.2, 0) is 16.0 Å². The third-order valence-electron chi connectivity index (χ3n) is 1.45. The SMILES string of the molecule is O.O=C(O)C(=O)Cc1ccccc1.[Na]. The first-order valence-electron chi connectivity index (χ1n) is 3.50. The van der Waals surface area contributed by atoms with Crippen LogP contribution in [0.25, 0.3) is 0 Å². The number of Topliss-reactive ketones (excluding diaryl/α,β-unsaturated/α-hetero) is 1. The van der Waals surface area contributed by atoms with Crippen LogP contribution in [0, 0.1) is 0 Å². The number of hydrogen-bond donors (Lipinski definition) is 1. The molecule has 0 aliphatic rings. The van der Waals surface area contributed by atoms with E-state index in [1.807, 2.05) is 6.07 Å². The number of rotatable bonds is 3. The predicted molar refractivity (Wildman–Crippen MR) is 52.2 cm³/mol. The molecule has 1 aromatic rings. The Morgan fingerprint density at radius 2 is 1.64 bits per heavy atom. The van der Waals surface area contributed by atoms with Crippen molar-refractivity contribution in [2.45, 2.75) is 6.42 Å². The smallest absolute Gasteiger partial charge is 0.372 e. The normalized spacial score (nSPS) is 8.00. The molecule has 0 spiro atoms. The molecule has 0 amide bonds. The molecule has 0 aromatic heterocycles. The standard InChI is InChI=1S/C9H8O3.Na.H2O/c10-8(9(11)12)6-7-4-2-1-3-5-7;;/h1-5H,6H2,(H,11,12);;1H2. The van der Waals surface area contributed by atoms with E-state index in [0.29, 0.717) is 0 Å². The minimum absolute atomic E-state index is 0. The molecule has 0 atom stereocenters. The Balaban J connectivity index is 0. The summed E-state index contributed by atoms with van der Waals surface area (Å²) in [6, 6.07) is 8.80. The Bertz CT molecular complexity index is 297. The van der Waals surface area contributed by atoms with Gasteiger partial charge in [-0.25, -0.2) is 4.79 Å². The van der Waals surface area contributed by atoms with E-state index < -0.39 is 11.8 Å². The van der Waals surface area contributed by atoms with Gasteiger partial charge in [0.05, 0.1) is 0 Å². The maximum absolute atomic E-state index is 10.7. The predicted octanol–water partition coefficient (Wildman–Crippen LogP) is -0.323. The summed E-state index contributed by atoms with van der Waals surface area (Å²) in [7, 11) is 0. The molecule has 71 valence electrons. The molecule has 5 heteroatoms. The average molecular weight is 205 g/mol. The van der Waals surface area contributed by atoms with E-state index in [9.17, 15) is 9.59 Å². The van der Waals surface area contributed by atoms with Gasteiger partial charge in [0.1, 0.15) is 0 Å². The van der Waals surface area contributed by atoms with Gasteiger partial charge in [0, 0.05) is 36.0 Å². The molecular formula is C9H10NaO4. The minimum atomic E-state index is -1.38. The van der Waals surface area contributed by atoms with Gasteiger partial charge in [-0.3, -0.25) is 4.79 Å². The van der Waals surface area contributed by atoms with E-state index >= 15 is 0 Å². The van der Waals surface area contributed by atoms with Crippen LogP contribution in [0.2, 0.25) is 0 Å². The maximum Gasteiger partial charge on any atom is 0.372 e. The van der Waals surface area contributed by atoms with Gasteiger partial charge in [0.25, 0.3) is 0 Å². The van der Waals surface area contributed by atoms with Gasteiger partial charge in [-0.15, -0.1) is 0 Å². The molecule has 0 fully saturated rings. The van der Waals surface area contributed by atoms with Crippen molar-refractivity contribution in [2.24, 2.45) is 0 Å². The third kappa shape index (κ3) is 5.14. The van der Waals surface area contributed by atoms with Gasteiger partial charge in [-0.05, 0) is 5.56 Å². The van der Waals surface area contributed by atoms with Gasteiger partial charge in [-0.1, -0.05) is 30.3 Å². The van der Waals surface area contributed by atoms with Crippen molar-refractivity contribution >= 4 is 41.3 Å². The van der Waals surface area contributed by atoms with Gasteiger partial charge < -0.3 is 10.6 Å². The fraction of sp³-hybridized carbons (Fsp3) is 0.111. The summed E-state index contributed by atoms with van der Waals surface area (Å²) in [5.41, 5.74) is 0.727. The number of carbonyl (C=O) groups is 2. The van der Waals surface area contributed by atoms with Crippen LogP contribution in [0.5, 0.6) is 0 Å².